The number of nitrogens with one attached hydrogen (secondary N) is 1. The summed E-state index contributed by atoms with van der Waals surface area (Å²) in [5.74, 6) is 0.963. The zero-order chi connectivity index (χ0) is 19.7. The third-order valence-corrected chi connectivity index (χ3v) is 5.93. The minimum Gasteiger partial charge on any atom is -0.493 e. The third-order valence-electron chi connectivity index (χ3n) is 4.84. The van der Waals surface area contributed by atoms with Crippen LogP contribution in [0, 0.1) is 5.82 Å². The molecule has 2 aromatic carbocycles. The van der Waals surface area contributed by atoms with E-state index in [1.807, 2.05) is 30.5 Å². The van der Waals surface area contributed by atoms with Gasteiger partial charge in [0.05, 0.1) is 19.4 Å². The number of rotatable bonds is 5. The Balaban J connectivity index is 1.76. The molecule has 0 fully saturated rings. The monoisotopic (exact) mass is 397 g/mol. The second-order valence-corrected chi connectivity index (χ2v) is 7.45. The van der Waals surface area contributed by atoms with E-state index in [0.29, 0.717) is 24.5 Å². The van der Waals surface area contributed by atoms with Gasteiger partial charge in [-0.3, -0.25) is 4.79 Å². The van der Waals surface area contributed by atoms with Crippen LogP contribution in [-0.4, -0.2) is 19.6 Å². The molecule has 1 aromatic heterocycles. The molecule has 1 aliphatic heterocycles. The maximum Gasteiger partial charge on any atom is 0.225 e. The summed E-state index contributed by atoms with van der Waals surface area (Å²) in [5.41, 5.74) is 3.61. The number of carbonyl (C=O) groups is 1. The number of ether oxygens (including phenoxy) is 2. The molecule has 0 radical (unpaired) electrons. The van der Waals surface area contributed by atoms with Gasteiger partial charge < -0.3 is 14.8 Å². The Kier molecular flexibility index (Phi) is 5.05. The molecule has 144 valence electrons. The molecule has 0 aliphatic carbocycles. The lowest BCUT2D eigenvalue weighted by atomic mass is 9.89. The fourth-order valence-electron chi connectivity index (χ4n) is 3.51. The van der Waals surface area contributed by atoms with E-state index in [9.17, 15) is 9.18 Å². The van der Waals surface area contributed by atoms with Crippen molar-refractivity contribution >= 4 is 22.9 Å². The third kappa shape index (κ3) is 3.36. The van der Waals surface area contributed by atoms with Gasteiger partial charge in [0.25, 0.3) is 0 Å². The van der Waals surface area contributed by atoms with Crippen LogP contribution < -0.4 is 14.8 Å². The Morgan fingerprint density at radius 3 is 2.68 bits per heavy atom. The molecule has 28 heavy (non-hydrogen) atoms. The SMILES string of the molecule is CCOc1ccc(C2CC(=O)Nc3c(-c4ccc(F)cc4)csc32)cc1OC. The van der Waals surface area contributed by atoms with E-state index in [1.165, 1.54) is 12.1 Å². The number of hydrogen-bond acceptors (Lipinski definition) is 4. The molecule has 4 rings (SSSR count). The fourth-order valence-corrected chi connectivity index (χ4v) is 4.67. The quantitative estimate of drug-likeness (QED) is 0.624. The number of fused-ring (bicyclic) bond motifs is 1. The number of methoxy groups -OCH3 is 1. The smallest absolute Gasteiger partial charge is 0.225 e. The second kappa shape index (κ2) is 7.64. The van der Waals surface area contributed by atoms with Gasteiger partial charge in [-0.15, -0.1) is 11.3 Å². The van der Waals surface area contributed by atoms with Crippen molar-refractivity contribution in [3.05, 3.63) is 64.1 Å². The van der Waals surface area contributed by atoms with Gasteiger partial charge in [-0.05, 0) is 42.3 Å². The molecular weight excluding hydrogens is 377 g/mol. The van der Waals surface area contributed by atoms with Crippen molar-refractivity contribution in [3.8, 4) is 22.6 Å². The maximum absolute atomic E-state index is 13.3. The molecule has 1 aliphatic rings. The molecule has 3 aromatic rings. The largest absolute Gasteiger partial charge is 0.493 e. The van der Waals surface area contributed by atoms with Crippen LogP contribution in [0.4, 0.5) is 10.1 Å². The van der Waals surface area contributed by atoms with E-state index in [-0.39, 0.29) is 17.6 Å². The van der Waals surface area contributed by atoms with E-state index < -0.39 is 0 Å². The Bertz CT molecular complexity index is 1010. The number of amides is 1. The zero-order valence-electron chi connectivity index (χ0n) is 15.6. The molecule has 1 amide bonds. The first kappa shape index (κ1) is 18.5. The molecular formula is C22H20FNO3S. The fraction of sp³-hybridized carbons (Fsp3) is 0.227. The molecule has 2 heterocycles. The first-order valence-corrected chi connectivity index (χ1v) is 9.96. The standard InChI is InChI=1S/C22H20FNO3S/c1-3-27-18-9-6-14(10-19(18)26-2)16-11-20(25)24-21-17(12-28-22(16)21)13-4-7-15(23)8-5-13/h4-10,12,16H,3,11H2,1-2H3,(H,24,25). The summed E-state index contributed by atoms with van der Waals surface area (Å²) in [6.45, 7) is 2.48. The molecule has 0 bridgehead atoms. The van der Waals surface area contributed by atoms with Gasteiger partial charge in [-0.25, -0.2) is 4.39 Å². The first-order chi connectivity index (χ1) is 13.6. The highest BCUT2D eigenvalue weighted by atomic mass is 32.1. The Labute approximate surface area is 166 Å². The predicted octanol–water partition coefficient (Wildman–Crippen LogP) is 5.44. The molecule has 0 spiro atoms. The normalized spacial score (nSPS) is 15.7. The van der Waals surface area contributed by atoms with Crippen LogP contribution in [0.25, 0.3) is 11.1 Å². The van der Waals surface area contributed by atoms with Crippen molar-refractivity contribution in [2.24, 2.45) is 0 Å². The van der Waals surface area contributed by atoms with Crippen LogP contribution in [0.5, 0.6) is 11.5 Å². The van der Waals surface area contributed by atoms with Gasteiger partial charge in [0.2, 0.25) is 5.91 Å². The highest BCUT2D eigenvalue weighted by Gasteiger charge is 2.31. The lowest BCUT2D eigenvalue weighted by Crippen LogP contribution is -2.22. The average Bonchev–Trinajstić information content (AvgIpc) is 3.12. The average molecular weight is 397 g/mol. The highest BCUT2D eigenvalue weighted by Crippen LogP contribution is 2.47. The zero-order valence-corrected chi connectivity index (χ0v) is 16.4. The number of anilines is 1. The van der Waals surface area contributed by atoms with Crippen LogP contribution >= 0.6 is 11.3 Å². The van der Waals surface area contributed by atoms with Crippen molar-refractivity contribution < 1.29 is 18.7 Å². The second-order valence-electron chi connectivity index (χ2n) is 6.54. The predicted molar refractivity (Wildman–Crippen MR) is 109 cm³/mol. The van der Waals surface area contributed by atoms with E-state index in [4.69, 9.17) is 9.47 Å². The van der Waals surface area contributed by atoms with Crippen molar-refractivity contribution in [2.45, 2.75) is 19.3 Å². The minimum absolute atomic E-state index is 0.0351. The Morgan fingerprint density at radius 1 is 1.18 bits per heavy atom. The number of carbonyl (C=O) groups excluding carboxylic acids is 1. The lowest BCUT2D eigenvalue weighted by molar-refractivity contribution is -0.116. The maximum atomic E-state index is 13.3. The van der Waals surface area contributed by atoms with E-state index >= 15 is 0 Å². The number of thiophene rings is 1. The Hall–Kier alpha value is -2.86. The molecule has 1 atom stereocenters. The number of benzene rings is 2. The van der Waals surface area contributed by atoms with Crippen molar-refractivity contribution in [1.82, 2.24) is 0 Å². The number of hydrogen-bond donors (Lipinski definition) is 1. The van der Waals surface area contributed by atoms with Crippen molar-refractivity contribution in [3.63, 3.8) is 0 Å². The van der Waals surface area contributed by atoms with E-state index in [1.54, 1.807) is 30.6 Å². The topological polar surface area (TPSA) is 47.6 Å². The summed E-state index contributed by atoms with van der Waals surface area (Å²) in [5, 5.41) is 5.02. The molecule has 4 nitrogen and oxygen atoms in total. The van der Waals surface area contributed by atoms with E-state index in [2.05, 4.69) is 5.32 Å². The molecule has 1 unspecified atom stereocenters. The Morgan fingerprint density at radius 2 is 1.96 bits per heavy atom. The van der Waals surface area contributed by atoms with Crippen LogP contribution in [0.2, 0.25) is 0 Å². The summed E-state index contributed by atoms with van der Waals surface area (Å²) >= 11 is 1.60. The minimum atomic E-state index is -0.281. The van der Waals surface area contributed by atoms with Crippen molar-refractivity contribution in [1.29, 1.82) is 0 Å². The highest BCUT2D eigenvalue weighted by molar-refractivity contribution is 7.11. The molecule has 6 heteroatoms. The van der Waals surface area contributed by atoms with Gasteiger partial charge in [0.15, 0.2) is 11.5 Å². The number of halogens is 1. The van der Waals surface area contributed by atoms with Crippen LogP contribution in [0.3, 0.4) is 0 Å². The van der Waals surface area contributed by atoms with Gasteiger partial charge in [0.1, 0.15) is 5.82 Å². The van der Waals surface area contributed by atoms with Gasteiger partial charge in [-0.1, -0.05) is 18.2 Å². The molecule has 0 saturated heterocycles. The summed E-state index contributed by atoms with van der Waals surface area (Å²) in [6.07, 6.45) is 0.369. The van der Waals surface area contributed by atoms with Crippen molar-refractivity contribution in [2.75, 3.05) is 19.0 Å². The van der Waals surface area contributed by atoms with E-state index in [0.717, 1.165) is 27.3 Å². The lowest BCUT2D eigenvalue weighted by Gasteiger charge is -2.24. The summed E-state index contributed by atoms with van der Waals surface area (Å²) in [4.78, 5) is 13.5. The molecule has 0 saturated carbocycles. The molecule has 1 N–H and O–H groups in total. The van der Waals surface area contributed by atoms with Crippen LogP contribution in [0.1, 0.15) is 29.7 Å². The van der Waals surface area contributed by atoms with Gasteiger partial charge >= 0.3 is 0 Å². The summed E-state index contributed by atoms with van der Waals surface area (Å²) in [7, 11) is 1.61. The summed E-state index contributed by atoms with van der Waals surface area (Å²) < 4.78 is 24.4. The van der Waals surface area contributed by atoms with Crippen LogP contribution in [-0.2, 0) is 4.79 Å². The first-order valence-electron chi connectivity index (χ1n) is 9.08. The van der Waals surface area contributed by atoms with Crippen LogP contribution in [0.15, 0.2) is 47.8 Å². The summed E-state index contributed by atoms with van der Waals surface area (Å²) in [6, 6.07) is 12.1. The van der Waals surface area contributed by atoms with Gasteiger partial charge in [0, 0.05) is 28.2 Å². The van der Waals surface area contributed by atoms with Gasteiger partial charge in [-0.2, -0.15) is 0 Å².